The first-order valence-electron chi connectivity index (χ1n) is 9.72. The molecule has 8 heteroatoms. The smallest absolute Gasteiger partial charge is 0.268 e. The van der Waals surface area contributed by atoms with Gasteiger partial charge in [0.05, 0.1) is 16.3 Å². The number of hydrogen-bond acceptors (Lipinski definition) is 5. The number of aryl methyl sites for hydroxylation is 2. The predicted molar refractivity (Wildman–Crippen MR) is 117 cm³/mol. The minimum atomic E-state index is -4.00. The topological polar surface area (TPSA) is 77.1 Å². The van der Waals surface area contributed by atoms with Gasteiger partial charge in [-0.3, -0.25) is 0 Å². The molecule has 2 aromatic carbocycles. The molecule has 160 valence electrons. The maximum atomic E-state index is 14.5. The number of rotatable bonds is 6. The van der Waals surface area contributed by atoms with E-state index in [2.05, 4.69) is 10.5 Å². The lowest BCUT2D eigenvalue weighted by molar-refractivity contribution is 0.393. The average Bonchev–Trinajstić information content (AvgIpc) is 3.32. The number of hydrogen-bond donors (Lipinski definition) is 1. The van der Waals surface area contributed by atoms with Gasteiger partial charge in [0.25, 0.3) is 10.0 Å². The van der Waals surface area contributed by atoms with E-state index >= 15 is 0 Å². The van der Waals surface area contributed by atoms with Gasteiger partial charge in [-0.05, 0) is 62.4 Å². The van der Waals surface area contributed by atoms with E-state index in [4.69, 9.17) is 4.52 Å². The Bertz CT molecular complexity index is 1340. The summed E-state index contributed by atoms with van der Waals surface area (Å²) in [5, 5.41) is 6.95. The number of aromatic nitrogens is 2. The Morgan fingerprint density at radius 3 is 2.55 bits per heavy atom. The fourth-order valence-electron chi connectivity index (χ4n) is 3.68. The molecule has 1 N–H and O–H groups in total. The molecule has 0 radical (unpaired) electrons. The molecule has 0 saturated heterocycles. The van der Waals surface area contributed by atoms with Crippen molar-refractivity contribution in [3.05, 3.63) is 83.6 Å². The number of nitrogens with one attached hydrogen (secondary N) is 1. The highest BCUT2D eigenvalue weighted by Gasteiger charge is 2.24. The molecule has 4 aromatic rings. The second kappa shape index (κ2) is 8.13. The lowest BCUT2D eigenvalue weighted by Gasteiger charge is -2.12. The zero-order chi connectivity index (χ0) is 22.2. The quantitative estimate of drug-likeness (QED) is 0.478. The summed E-state index contributed by atoms with van der Waals surface area (Å²) in [5.74, 6) is 0.119. The summed E-state index contributed by atoms with van der Waals surface area (Å²) in [5.41, 5.74) is 3.34. The second-order valence-corrected chi connectivity index (χ2v) is 9.09. The fraction of sp³-hybridized carbons (Fsp3) is 0.174. The molecular weight excluding hydrogens is 417 g/mol. The van der Waals surface area contributed by atoms with E-state index in [1.165, 1.54) is 18.3 Å². The highest BCUT2D eigenvalue weighted by Crippen LogP contribution is 2.32. The van der Waals surface area contributed by atoms with Crippen LogP contribution in [0, 0.1) is 19.7 Å². The Hall–Kier alpha value is -3.23. The van der Waals surface area contributed by atoms with Crippen LogP contribution in [0.2, 0.25) is 0 Å². The molecule has 0 aliphatic carbocycles. The molecule has 6 nitrogen and oxygen atoms in total. The molecule has 0 aliphatic heterocycles. The molecular formula is C23H22FN3O3S. The van der Waals surface area contributed by atoms with Gasteiger partial charge in [0, 0.05) is 23.9 Å². The summed E-state index contributed by atoms with van der Waals surface area (Å²) in [6.07, 6.45) is 1.52. The first-order chi connectivity index (χ1) is 14.8. The van der Waals surface area contributed by atoms with Crippen molar-refractivity contribution in [2.75, 3.05) is 7.05 Å². The van der Waals surface area contributed by atoms with Crippen LogP contribution in [0.1, 0.15) is 17.0 Å². The molecule has 0 aliphatic rings. The molecule has 2 heterocycles. The van der Waals surface area contributed by atoms with Gasteiger partial charge in [-0.15, -0.1) is 0 Å². The van der Waals surface area contributed by atoms with Gasteiger partial charge in [0.15, 0.2) is 0 Å². The Kier molecular flexibility index (Phi) is 5.51. The average molecular weight is 440 g/mol. The summed E-state index contributed by atoms with van der Waals surface area (Å²) in [4.78, 5) is 0.0918. The van der Waals surface area contributed by atoms with E-state index in [9.17, 15) is 12.8 Å². The summed E-state index contributed by atoms with van der Waals surface area (Å²) >= 11 is 0. The minimum Gasteiger partial charge on any atom is -0.361 e. The summed E-state index contributed by atoms with van der Waals surface area (Å²) in [7, 11) is -2.23. The standard InChI is InChI=1S/C23H22FN3O3S/c1-15-23(16(2)30-26-15)18-7-6-8-19(12-18)31(28,29)27-14-17(13-25-3)11-22(27)20-9-4-5-10-21(20)24/h4-12,14,25H,13H2,1-3H3. The van der Waals surface area contributed by atoms with Crippen molar-refractivity contribution >= 4 is 10.0 Å². The van der Waals surface area contributed by atoms with Crippen molar-refractivity contribution in [1.29, 1.82) is 0 Å². The normalized spacial score (nSPS) is 11.7. The molecule has 0 amide bonds. The Morgan fingerprint density at radius 1 is 1.10 bits per heavy atom. The maximum absolute atomic E-state index is 14.5. The lowest BCUT2D eigenvalue weighted by Crippen LogP contribution is -2.14. The SMILES string of the molecule is CNCc1cc(-c2ccccc2F)n(S(=O)(=O)c2cccc(-c3c(C)noc3C)c2)c1. The number of halogens is 1. The summed E-state index contributed by atoms with van der Waals surface area (Å²) < 4.78 is 48.2. The first-order valence-corrected chi connectivity index (χ1v) is 11.2. The zero-order valence-electron chi connectivity index (χ0n) is 17.4. The molecule has 0 saturated carbocycles. The highest BCUT2D eigenvalue weighted by molar-refractivity contribution is 7.90. The van der Waals surface area contributed by atoms with E-state index in [-0.39, 0.29) is 16.2 Å². The van der Waals surface area contributed by atoms with Gasteiger partial charge in [-0.2, -0.15) is 0 Å². The van der Waals surface area contributed by atoms with Crippen LogP contribution in [0.4, 0.5) is 4.39 Å². The van der Waals surface area contributed by atoms with Gasteiger partial charge in [-0.1, -0.05) is 29.4 Å². The molecule has 0 atom stereocenters. The fourth-order valence-corrected chi connectivity index (χ4v) is 5.12. The molecule has 0 bridgehead atoms. The van der Waals surface area contributed by atoms with Gasteiger partial charge < -0.3 is 9.84 Å². The molecule has 0 unspecified atom stereocenters. The van der Waals surface area contributed by atoms with Crippen LogP contribution < -0.4 is 5.32 Å². The third-order valence-electron chi connectivity index (χ3n) is 5.09. The summed E-state index contributed by atoms with van der Waals surface area (Å²) in [6.45, 7) is 4.03. The van der Waals surface area contributed by atoms with Crippen LogP contribution in [0.25, 0.3) is 22.4 Å². The van der Waals surface area contributed by atoms with E-state index < -0.39 is 15.8 Å². The minimum absolute atomic E-state index is 0.0918. The highest BCUT2D eigenvalue weighted by atomic mass is 32.2. The van der Waals surface area contributed by atoms with Crippen molar-refractivity contribution in [2.45, 2.75) is 25.3 Å². The molecule has 31 heavy (non-hydrogen) atoms. The van der Waals surface area contributed by atoms with Crippen LogP contribution in [-0.2, 0) is 16.6 Å². The van der Waals surface area contributed by atoms with Crippen LogP contribution in [0.15, 0.2) is 70.2 Å². The summed E-state index contributed by atoms with van der Waals surface area (Å²) in [6, 6.07) is 14.4. The third-order valence-corrected chi connectivity index (χ3v) is 6.76. The molecule has 0 fully saturated rings. The third kappa shape index (κ3) is 3.80. The lowest BCUT2D eigenvalue weighted by atomic mass is 10.0. The monoisotopic (exact) mass is 439 g/mol. The molecule has 0 spiro atoms. The maximum Gasteiger partial charge on any atom is 0.268 e. The molecule has 2 aromatic heterocycles. The van der Waals surface area contributed by atoms with Gasteiger partial charge >= 0.3 is 0 Å². The van der Waals surface area contributed by atoms with Crippen molar-refractivity contribution in [3.8, 4) is 22.4 Å². The Balaban J connectivity index is 1.89. The molecule has 4 rings (SSSR count). The number of nitrogens with zero attached hydrogens (tertiary/aromatic N) is 2. The van der Waals surface area contributed by atoms with Crippen LogP contribution in [0.3, 0.4) is 0 Å². The van der Waals surface area contributed by atoms with E-state index in [0.29, 0.717) is 23.6 Å². The van der Waals surface area contributed by atoms with Gasteiger partial charge in [0.1, 0.15) is 11.6 Å². The van der Waals surface area contributed by atoms with Crippen molar-refractivity contribution < 1.29 is 17.3 Å². The van der Waals surface area contributed by atoms with Crippen molar-refractivity contribution in [1.82, 2.24) is 14.4 Å². The van der Waals surface area contributed by atoms with Crippen molar-refractivity contribution in [2.24, 2.45) is 0 Å². The van der Waals surface area contributed by atoms with Gasteiger partial charge in [0.2, 0.25) is 0 Å². The largest absolute Gasteiger partial charge is 0.361 e. The zero-order valence-corrected chi connectivity index (χ0v) is 18.2. The van der Waals surface area contributed by atoms with Crippen LogP contribution in [-0.4, -0.2) is 24.6 Å². The predicted octanol–water partition coefficient (Wildman–Crippen LogP) is 4.52. The van der Waals surface area contributed by atoms with Crippen LogP contribution in [0.5, 0.6) is 0 Å². The van der Waals surface area contributed by atoms with Gasteiger partial charge in [-0.25, -0.2) is 16.8 Å². The number of benzene rings is 2. The second-order valence-electron chi connectivity index (χ2n) is 7.27. The first kappa shape index (κ1) is 21.0. The van der Waals surface area contributed by atoms with E-state index in [1.807, 2.05) is 6.07 Å². The van der Waals surface area contributed by atoms with E-state index in [0.717, 1.165) is 15.1 Å². The Morgan fingerprint density at radius 2 is 1.87 bits per heavy atom. The van der Waals surface area contributed by atoms with E-state index in [1.54, 1.807) is 57.3 Å². The Labute approximate surface area is 180 Å². The van der Waals surface area contributed by atoms with Crippen molar-refractivity contribution in [3.63, 3.8) is 0 Å². The van der Waals surface area contributed by atoms with Crippen LogP contribution >= 0.6 is 0 Å².